The van der Waals surface area contributed by atoms with E-state index in [1.807, 2.05) is 0 Å². The molecule has 2 aliphatic heterocycles. The quantitative estimate of drug-likeness (QED) is 0.135. The summed E-state index contributed by atoms with van der Waals surface area (Å²) in [5.41, 5.74) is 26.6. The molecule has 83 heavy (non-hydrogen) atoms. The second kappa shape index (κ2) is 19.4. The highest BCUT2D eigenvalue weighted by molar-refractivity contribution is 7.00. The zero-order chi connectivity index (χ0) is 56.3. The van der Waals surface area contributed by atoms with E-state index in [1.165, 1.54) is 105 Å². The lowest BCUT2D eigenvalue weighted by molar-refractivity contribution is 0.590. The van der Waals surface area contributed by atoms with E-state index in [2.05, 4.69) is 299 Å². The molecule has 4 nitrogen and oxygen atoms in total. The standard InChI is InChI=1S/C78H66BN3O/c1-8-9-25-53-38-41-61-60-34-21-24-37-72(60)83-76(61)74(53)81-68-43-39-54(50-26-13-10-14-27-50)44-65(68)79-64-42-40-57(80-66-35-22-19-32-58(66)59-33-20-23-36-67(59)80)49-69(64)82(71-48-56(78(5,6)7)47-70(81)73(71)79)75-62(51-28-15-11-16-29-51)45-55(77(2,3)4)46-63(75)52-30-17-12-18-31-52/h10-24,26-49H,8-9,25H2,1-7H3. The number of aryl methyl sites for hydroxylation is 1. The van der Waals surface area contributed by atoms with Crippen molar-refractivity contribution in [1.82, 2.24) is 4.57 Å². The van der Waals surface area contributed by atoms with Gasteiger partial charge in [0.1, 0.15) is 5.58 Å². The predicted octanol–water partition coefficient (Wildman–Crippen LogP) is 19.7. The maximum absolute atomic E-state index is 7.25. The van der Waals surface area contributed by atoms with E-state index in [-0.39, 0.29) is 17.5 Å². The number of hydrogen-bond acceptors (Lipinski definition) is 3. The van der Waals surface area contributed by atoms with Gasteiger partial charge in [0.15, 0.2) is 5.58 Å². The zero-order valence-electron chi connectivity index (χ0n) is 48.5. The first-order valence-corrected chi connectivity index (χ1v) is 29.8. The molecule has 0 amide bonds. The Kier molecular flexibility index (Phi) is 11.8. The third-order valence-electron chi connectivity index (χ3n) is 17.9. The fraction of sp³-hybridized carbons (Fsp3) is 0.154. The van der Waals surface area contributed by atoms with Crippen LogP contribution in [0.4, 0.5) is 34.1 Å². The Morgan fingerprint density at radius 2 is 0.952 bits per heavy atom. The molecule has 0 aliphatic carbocycles. The van der Waals surface area contributed by atoms with Crippen LogP contribution in [-0.2, 0) is 17.3 Å². The highest BCUT2D eigenvalue weighted by Gasteiger charge is 2.46. The molecule has 2 aliphatic rings. The van der Waals surface area contributed by atoms with Gasteiger partial charge in [-0.2, -0.15) is 0 Å². The van der Waals surface area contributed by atoms with E-state index in [9.17, 15) is 0 Å². The molecule has 15 rings (SSSR count). The first-order chi connectivity index (χ1) is 40.4. The van der Waals surface area contributed by atoms with Crippen molar-refractivity contribution in [3.63, 3.8) is 0 Å². The summed E-state index contributed by atoms with van der Waals surface area (Å²) in [6.45, 7) is 16.3. The van der Waals surface area contributed by atoms with Gasteiger partial charge in [0.05, 0.1) is 22.4 Å². The number of hydrogen-bond donors (Lipinski definition) is 0. The number of furan rings is 1. The lowest BCUT2D eigenvalue weighted by Crippen LogP contribution is -2.61. The van der Waals surface area contributed by atoms with Crippen LogP contribution in [0.3, 0.4) is 0 Å². The number of aromatic nitrogens is 1. The Morgan fingerprint density at radius 1 is 0.410 bits per heavy atom. The number of fused-ring (bicyclic) bond motifs is 10. The van der Waals surface area contributed by atoms with Crippen LogP contribution >= 0.6 is 0 Å². The molecule has 5 heteroatoms. The molecule has 0 saturated heterocycles. The topological polar surface area (TPSA) is 24.6 Å². The third kappa shape index (κ3) is 8.18. The van der Waals surface area contributed by atoms with Crippen LogP contribution in [0.25, 0.3) is 82.8 Å². The third-order valence-corrected chi connectivity index (χ3v) is 17.9. The monoisotopic (exact) mass is 1070 g/mol. The van der Waals surface area contributed by atoms with Crippen molar-refractivity contribution in [3.05, 3.63) is 253 Å². The van der Waals surface area contributed by atoms with E-state index in [0.29, 0.717) is 0 Å². The SMILES string of the molecule is CCCCc1ccc2c(oc3ccccc32)c1N1c2ccc(-c3ccccc3)cc2B2c3ccc(-n4c5ccccc5c5ccccc54)cc3N(c3c(-c4ccccc4)cc(C(C)(C)C)cc3-c3ccccc3)c3cc(C(C)(C)C)cc1c32. The van der Waals surface area contributed by atoms with Gasteiger partial charge in [-0.3, -0.25) is 0 Å². The van der Waals surface area contributed by atoms with Crippen LogP contribution in [0, 0.1) is 0 Å². The van der Waals surface area contributed by atoms with Crippen LogP contribution in [0.15, 0.2) is 241 Å². The van der Waals surface area contributed by atoms with Crippen molar-refractivity contribution in [2.45, 2.75) is 78.6 Å². The van der Waals surface area contributed by atoms with Gasteiger partial charge < -0.3 is 18.8 Å². The molecule has 0 atom stereocenters. The van der Waals surface area contributed by atoms with Crippen molar-refractivity contribution in [1.29, 1.82) is 0 Å². The molecule has 0 spiro atoms. The van der Waals surface area contributed by atoms with Crippen LogP contribution in [0.1, 0.15) is 78.0 Å². The van der Waals surface area contributed by atoms with Gasteiger partial charge in [-0.1, -0.05) is 231 Å². The fourth-order valence-electron chi connectivity index (χ4n) is 13.7. The van der Waals surface area contributed by atoms with E-state index in [0.717, 1.165) is 64.0 Å². The zero-order valence-corrected chi connectivity index (χ0v) is 48.5. The molecule has 0 bridgehead atoms. The van der Waals surface area contributed by atoms with Crippen molar-refractivity contribution >= 4 is 101 Å². The van der Waals surface area contributed by atoms with Crippen LogP contribution in [0.2, 0.25) is 0 Å². The van der Waals surface area contributed by atoms with Gasteiger partial charge >= 0.3 is 0 Å². The minimum absolute atomic E-state index is 0.153. The van der Waals surface area contributed by atoms with Crippen molar-refractivity contribution < 1.29 is 4.42 Å². The van der Waals surface area contributed by atoms with Gasteiger partial charge in [-0.15, -0.1) is 0 Å². The average Bonchev–Trinajstić information content (AvgIpc) is 1.15. The van der Waals surface area contributed by atoms with Crippen molar-refractivity contribution in [3.8, 4) is 39.1 Å². The maximum atomic E-state index is 7.25. The van der Waals surface area contributed by atoms with E-state index in [4.69, 9.17) is 4.42 Å². The van der Waals surface area contributed by atoms with Crippen molar-refractivity contribution in [2.75, 3.05) is 9.80 Å². The lowest BCUT2D eigenvalue weighted by atomic mass is 9.33. The molecule has 0 unspecified atom stereocenters. The fourth-order valence-corrected chi connectivity index (χ4v) is 13.7. The van der Waals surface area contributed by atoms with Gasteiger partial charge in [-0.25, -0.2) is 0 Å². The Labute approximate surface area is 488 Å². The normalized spacial score (nSPS) is 13.1. The molecule has 11 aromatic carbocycles. The van der Waals surface area contributed by atoms with Gasteiger partial charge in [0.2, 0.25) is 0 Å². The molecule has 0 fully saturated rings. The van der Waals surface area contributed by atoms with Gasteiger partial charge in [0.25, 0.3) is 6.71 Å². The molecule has 2 aromatic heterocycles. The summed E-state index contributed by atoms with van der Waals surface area (Å²) in [7, 11) is 0. The second-order valence-electron chi connectivity index (χ2n) is 25.1. The first kappa shape index (κ1) is 50.6. The summed E-state index contributed by atoms with van der Waals surface area (Å²) in [4.78, 5) is 5.34. The Bertz CT molecular complexity index is 4580. The molecule has 4 heterocycles. The molecule has 0 N–H and O–H groups in total. The first-order valence-electron chi connectivity index (χ1n) is 29.8. The summed E-state index contributed by atoms with van der Waals surface area (Å²) in [6, 6.07) is 89.1. The van der Waals surface area contributed by atoms with Crippen molar-refractivity contribution in [2.24, 2.45) is 0 Å². The van der Waals surface area contributed by atoms with Crippen LogP contribution in [-0.4, -0.2) is 11.3 Å². The van der Waals surface area contributed by atoms with Crippen LogP contribution < -0.4 is 26.2 Å². The van der Waals surface area contributed by atoms with E-state index in [1.54, 1.807) is 0 Å². The molecule has 0 saturated carbocycles. The summed E-state index contributed by atoms with van der Waals surface area (Å²) in [5, 5.41) is 4.74. The molecule has 13 aromatic rings. The molecule has 0 radical (unpaired) electrons. The van der Waals surface area contributed by atoms with Gasteiger partial charge in [-0.05, 0) is 140 Å². The minimum atomic E-state index is -0.252. The van der Waals surface area contributed by atoms with E-state index < -0.39 is 0 Å². The highest BCUT2D eigenvalue weighted by Crippen LogP contribution is 2.54. The average molecular weight is 1070 g/mol. The molecular formula is C78H66BN3O. The number of unbranched alkanes of at least 4 members (excludes halogenated alkanes) is 1. The second-order valence-corrected chi connectivity index (χ2v) is 25.1. The summed E-state index contributed by atoms with van der Waals surface area (Å²) < 4.78 is 9.74. The van der Waals surface area contributed by atoms with Gasteiger partial charge in [0, 0.05) is 61.1 Å². The number of rotatable bonds is 9. The summed E-state index contributed by atoms with van der Waals surface area (Å²) in [6.07, 6.45) is 3.05. The highest BCUT2D eigenvalue weighted by atomic mass is 16.3. The maximum Gasteiger partial charge on any atom is 0.252 e. The number of para-hydroxylation sites is 3. The number of benzene rings is 11. The van der Waals surface area contributed by atoms with E-state index >= 15 is 0 Å². The summed E-state index contributed by atoms with van der Waals surface area (Å²) in [5.74, 6) is 0. The predicted molar refractivity (Wildman–Crippen MR) is 354 cm³/mol. The molecular weight excluding hydrogens is 1010 g/mol. The van der Waals surface area contributed by atoms with Crippen LogP contribution in [0.5, 0.6) is 0 Å². The Balaban J connectivity index is 1.14. The largest absolute Gasteiger partial charge is 0.454 e. The number of anilines is 6. The smallest absolute Gasteiger partial charge is 0.252 e. The lowest BCUT2D eigenvalue weighted by Gasteiger charge is -2.46. The minimum Gasteiger partial charge on any atom is -0.454 e. The molecule has 402 valence electrons. The summed E-state index contributed by atoms with van der Waals surface area (Å²) >= 11 is 0. The number of nitrogens with zero attached hydrogens (tertiary/aromatic N) is 3. The Morgan fingerprint density at radius 3 is 1.55 bits per heavy atom. The Hall–Kier alpha value is -9.32.